The number of rotatable bonds is 3. The molecule has 0 aliphatic heterocycles. The van der Waals surface area contributed by atoms with Gasteiger partial charge >= 0.3 is 11.8 Å². The molecular formula is C4H8FO3P. The van der Waals surface area contributed by atoms with Gasteiger partial charge in [0.25, 0.3) is 0 Å². The first kappa shape index (κ1) is 8.79. The van der Waals surface area contributed by atoms with Crippen molar-refractivity contribution < 1.29 is 18.8 Å². The number of alkyl halides is 1. The highest BCUT2D eigenvalue weighted by Gasteiger charge is 2.36. The first-order chi connectivity index (χ1) is 4.06. The van der Waals surface area contributed by atoms with E-state index in [0.29, 0.717) is 0 Å². The summed E-state index contributed by atoms with van der Waals surface area (Å²) in [4.78, 5) is 9.97. The lowest BCUT2D eigenvalue weighted by Gasteiger charge is -2.14. The maximum atomic E-state index is 12.5. The van der Waals surface area contributed by atoms with Crippen molar-refractivity contribution in [1.29, 1.82) is 0 Å². The molecule has 54 valence electrons. The molecule has 0 heterocycles. The van der Waals surface area contributed by atoms with E-state index < -0.39 is 11.8 Å². The summed E-state index contributed by atoms with van der Waals surface area (Å²) in [6.45, 7) is 1.39. The number of carboxylic acids is 1. The average Bonchev–Trinajstić information content (AvgIpc) is 1.86. The summed E-state index contributed by atoms with van der Waals surface area (Å²) in [6.07, 6.45) is -0.203. The summed E-state index contributed by atoms with van der Waals surface area (Å²) in [7, 11) is 1.58. The molecule has 0 bridgehead atoms. The Bertz CT molecular complexity index is 112. The van der Waals surface area contributed by atoms with Gasteiger partial charge in [0.05, 0.1) is 0 Å². The Balaban J connectivity index is 4.09. The number of carbonyl (C=O) groups is 1. The molecule has 5 heteroatoms. The van der Waals surface area contributed by atoms with Crippen LogP contribution in [0.25, 0.3) is 0 Å². The monoisotopic (exact) mass is 154 g/mol. The fourth-order valence-electron chi connectivity index (χ4n) is 0.285. The standard InChI is InChI=1S/C4H8FO3P/c1-2-4(5,8-9)3(6)7/h2,9H2,1H3,(H,6,7). The van der Waals surface area contributed by atoms with E-state index in [1.54, 1.807) is 9.47 Å². The minimum atomic E-state index is -2.54. The fourth-order valence-corrected chi connectivity index (χ4v) is 0.552. The minimum absolute atomic E-state index is 0.203. The Labute approximate surface area is 54.5 Å². The Morgan fingerprint density at radius 3 is 2.44 bits per heavy atom. The highest BCUT2D eigenvalue weighted by Crippen LogP contribution is 2.20. The Hall–Kier alpha value is -0.210. The van der Waals surface area contributed by atoms with Gasteiger partial charge in [-0.1, -0.05) is 6.92 Å². The van der Waals surface area contributed by atoms with E-state index in [4.69, 9.17) is 5.11 Å². The van der Waals surface area contributed by atoms with Gasteiger partial charge in [-0.2, -0.15) is 4.39 Å². The Morgan fingerprint density at radius 1 is 2.00 bits per heavy atom. The van der Waals surface area contributed by atoms with Crippen LogP contribution >= 0.6 is 9.47 Å². The Kier molecular flexibility index (Phi) is 3.01. The number of hydrogen-bond donors (Lipinski definition) is 1. The minimum Gasteiger partial charge on any atom is -0.477 e. The van der Waals surface area contributed by atoms with Gasteiger partial charge < -0.3 is 9.63 Å². The van der Waals surface area contributed by atoms with Crippen LogP contribution in [0.15, 0.2) is 0 Å². The highest BCUT2D eigenvalue weighted by molar-refractivity contribution is 7.10. The average molecular weight is 154 g/mol. The maximum Gasteiger partial charge on any atom is 0.369 e. The number of carboxylic acid groups (broad SMARTS) is 1. The predicted molar refractivity (Wildman–Crippen MR) is 32.6 cm³/mol. The van der Waals surface area contributed by atoms with E-state index in [1.165, 1.54) is 6.92 Å². The topological polar surface area (TPSA) is 46.5 Å². The van der Waals surface area contributed by atoms with Crippen molar-refractivity contribution in [2.24, 2.45) is 0 Å². The molecule has 0 saturated heterocycles. The molecule has 1 N–H and O–H groups in total. The molecule has 9 heavy (non-hydrogen) atoms. The lowest BCUT2D eigenvalue weighted by molar-refractivity contribution is -0.172. The van der Waals surface area contributed by atoms with Crippen molar-refractivity contribution in [3.63, 3.8) is 0 Å². The second-order valence-corrected chi connectivity index (χ2v) is 1.74. The Morgan fingerprint density at radius 2 is 2.44 bits per heavy atom. The summed E-state index contributed by atoms with van der Waals surface area (Å²) in [6, 6.07) is 0. The highest BCUT2D eigenvalue weighted by atomic mass is 31.0. The zero-order valence-electron chi connectivity index (χ0n) is 4.93. The third-order valence-corrected chi connectivity index (χ3v) is 1.33. The molecule has 0 aliphatic carbocycles. The second kappa shape index (κ2) is 3.08. The summed E-state index contributed by atoms with van der Waals surface area (Å²) in [5.41, 5.74) is 0. The van der Waals surface area contributed by atoms with Crippen LogP contribution in [0.4, 0.5) is 4.39 Å². The van der Waals surface area contributed by atoms with Crippen LogP contribution in [-0.2, 0) is 9.32 Å². The van der Waals surface area contributed by atoms with E-state index in [-0.39, 0.29) is 6.42 Å². The number of aliphatic carboxylic acids is 1. The molecule has 0 aromatic carbocycles. The maximum absolute atomic E-state index is 12.5. The van der Waals surface area contributed by atoms with Crippen molar-refractivity contribution >= 4 is 15.4 Å². The molecule has 0 saturated carbocycles. The molecule has 2 atom stereocenters. The second-order valence-electron chi connectivity index (χ2n) is 1.51. The SMILES string of the molecule is CCC(F)(OP)C(=O)O. The largest absolute Gasteiger partial charge is 0.477 e. The fraction of sp³-hybridized carbons (Fsp3) is 0.750. The van der Waals surface area contributed by atoms with Gasteiger partial charge in [-0.05, 0) is 0 Å². The van der Waals surface area contributed by atoms with Crippen LogP contribution in [0.1, 0.15) is 13.3 Å². The van der Waals surface area contributed by atoms with E-state index >= 15 is 0 Å². The predicted octanol–water partition coefficient (Wildman–Crippen LogP) is 0.953. The van der Waals surface area contributed by atoms with Crippen molar-refractivity contribution in [3.8, 4) is 0 Å². The lowest BCUT2D eigenvalue weighted by atomic mass is 10.2. The van der Waals surface area contributed by atoms with Gasteiger partial charge in [0.2, 0.25) is 0 Å². The molecule has 0 radical (unpaired) electrons. The normalized spacial score (nSPS) is 16.8. The van der Waals surface area contributed by atoms with E-state index in [1.807, 2.05) is 0 Å². The van der Waals surface area contributed by atoms with E-state index in [0.717, 1.165) is 0 Å². The zero-order chi connectivity index (χ0) is 7.49. The molecule has 0 rings (SSSR count). The lowest BCUT2D eigenvalue weighted by Crippen LogP contribution is -2.32. The van der Waals surface area contributed by atoms with E-state index in [2.05, 4.69) is 4.52 Å². The summed E-state index contributed by atoms with van der Waals surface area (Å²) >= 11 is 0. The van der Waals surface area contributed by atoms with Gasteiger partial charge in [-0.15, -0.1) is 0 Å². The molecule has 0 amide bonds. The number of halogens is 1. The molecule has 0 aromatic heterocycles. The van der Waals surface area contributed by atoms with Crippen molar-refractivity contribution in [3.05, 3.63) is 0 Å². The molecule has 3 nitrogen and oxygen atoms in total. The van der Waals surface area contributed by atoms with Gasteiger partial charge in [-0.3, -0.25) is 0 Å². The van der Waals surface area contributed by atoms with Crippen LogP contribution in [0.3, 0.4) is 0 Å². The van der Waals surface area contributed by atoms with Crippen molar-refractivity contribution in [1.82, 2.24) is 0 Å². The van der Waals surface area contributed by atoms with Crippen LogP contribution < -0.4 is 0 Å². The quantitative estimate of drug-likeness (QED) is 0.615. The van der Waals surface area contributed by atoms with Crippen LogP contribution in [0, 0.1) is 0 Å². The summed E-state index contributed by atoms with van der Waals surface area (Å²) in [5.74, 6) is -4.13. The van der Waals surface area contributed by atoms with Crippen molar-refractivity contribution in [2.75, 3.05) is 0 Å². The van der Waals surface area contributed by atoms with Gasteiger partial charge in [0.15, 0.2) is 0 Å². The van der Waals surface area contributed by atoms with E-state index in [9.17, 15) is 9.18 Å². The van der Waals surface area contributed by atoms with Crippen LogP contribution in [-0.4, -0.2) is 16.9 Å². The molecular weight excluding hydrogens is 146 g/mol. The van der Waals surface area contributed by atoms with Gasteiger partial charge in [0.1, 0.15) is 0 Å². The molecule has 0 aliphatic rings. The molecule has 2 unspecified atom stereocenters. The third kappa shape index (κ3) is 1.88. The van der Waals surface area contributed by atoms with Crippen LogP contribution in [0.5, 0.6) is 0 Å². The first-order valence-electron chi connectivity index (χ1n) is 2.37. The summed E-state index contributed by atoms with van der Waals surface area (Å²) in [5, 5.41) is 8.12. The van der Waals surface area contributed by atoms with Gasteiger partial charge in [-0.25, -0.2) is 4.79 Å². The molecule has 0 aromatic rings. The summed E-state index contributed by atoms with van der Waals surface area (Å²) < 4.78 is 16.5. The molecule has 0 fully saturated rings. The van der Waals surface area contributed by atoms with Crippen molar-refractivity contribution in [2.45, 2.75) is 19.2 Å². The zero-order valence-corrected chi connectivity index (χ0v) is 6.08. The third-order valence-electron chi connectivity index (χ3n) is 0.961. The van der Waals surface area contributed by atoms with Crippen LogP contribution in [0.2, 0.25) is 0 Å². The smallest absolute Gasteiger partial charge is 0.369 e. The van der Waals surface area contributed by atoms with Gasteiger partial charge in [0, 0.05) is 15.9 Å². The molecule has 0 spiro atoms. The first-order valence-corrected chi connectivity index (χ1v) is 2.84. The number of hydrogen-bond acceptors (Lipinski definition) is 2.